The minimum Gasteiger partial charge on any atom is -0.434 e. The fourth-order valence-electron chi connectivity index (χ4n) is 1.82. The highest BCUT2D eigenvalue weighted by Gasteiger charge is 2.31. The van der Waals surface area contributed by atoms with Crippen molar-refractivity contribution >= 4 is 6.16 Å². The summed E-state index contributed by atoms with van der Waals surface area (Å²) in [7, 11) is 0. The van der Waals surface area contributed by atoms with E-state index in [1.165, 1.54) is 6.92 Å². The number of hydrogen-bond donors (Lipinski definition) is 4. The Hall–Kier alpha value is -1.05. The molecule has 0 aliphatic rings. The van der Waals surface area contributed by atoms with Crippen molar-refractivity contribution < 1.29 is 44.8 Å². The predicted octanol–water partition coefficient (Wildman–Crippen LogP) is 2.38. The summed E-state index contributed by atoms with van der Waals surface area (Å²) in [5.41, 5.74) is -0.670. The van der Waals surface area contributed by atoms with Gasteiger partial charge in [0, 0.05) is 0 Å². The van der Waals surface area contributed by atoms with Gasteiger partial charge in [-0.1, -0.05) is 20.8 Å². The first-order valence-electron chi connectivity index (χ1n) is 7.91. The molecular formula is C14H30N2O9. The van der Waals surface area contributed by atoms with E-state index < -0.39 is 40.7 Å². The lowest BCUT2D eigenvalue weighted by Crippen LogP contribution is -2.42. The van der Waals surface area contributed by atoms with Crippen LogP contribution in [0.4, 0.5) is 4.79 Å². The van der Waals surface area contributed by atoms with Crippen LogP contribution in [-0.4, -0.2) is 62.2 Å². The minimum atomic E-state index is -0.983. The Labute approximate surface area is 147 Å². The molecule has 1 unspecified atom stereocenters. The van der Waals surface area contributed by atoms with Gasteiger partial charge < -0.3 is 9.47 Å². The number of carbonyl (C=O) groups excluding carboxylic acids is 1. The third-order valence-electron chi connectivity index (χ3n) is 4.03. The van der Waals surface area contributed by atoms with Crippen LogP contribution in [-0.2, 0) is 19.1 Å². The van der Waals surface area contributed by atoms with Crippen LogP contribution >= 0.6 is 0 Å². The third kappa shape index (κ3) is 9.87. The van der Waals surface area contributed by atoms with Crippen molar-refractivity contribution in [2.45, 2.75) is 65.8 Å². The lowest BCUT2D eigenvalue weighted by molar-refractivity contribution is -0.539. The second-order valence-corrected chi connectivity index (χ2v) is 6.61. The summed E-state index contributed by atoms with van der Waals surface area (Å²) >= 11 is 0. The number of nitrogens with zero attached hydrogens (tertiary/aromatic N) is 2. The first kappa shape index (κ1) is 23.9. The minimum absolute atomic E-state index is 0.0143. The largest absolute Gasteiger partial charge is 0.508 e. The third-order valence-corrected chi connectivity index (χ3v) is 4.03. The molecule has 3 atom stereocenters. The van der Waals surface area contributed by atoms with Crippen LogP contribution in [0.1, 0.15) is 48.0 Å². The molecule has 0 amide bonds. The van der Waals surface area contributed by atoms with Crippen LogP contribution in [0.3, 0.4) is 0 Å². The second kappa shape index (κ2) is 10.8. The zero-order valence-corrected chi connectivity index (χ0v) is 15.4. The zero-order valence-electron chi connectivity index (χ0n) is 15.4. The number of ether oxygens (including phenoxy) is 2. The average Bonchev–Trinajstić information content (AvgIpc) is 2.42. The molecule has 4 N–H and O–H groups in total. The Bertz CT molecular complexity index is 390. The fourth-order valence-corrected chi connectivity index (χ4v) is 1.82. The van der Waals surface area contributed by atoms with Crippen LogP contribution in [0.5, 0.6) is 0 Å². The van der Waals surface area contributed by atoms with Crippen molar-refractivity contribution in [2.75, 3.05) is 6.61 Å². The van der Waals surface area contributed by atoms with Gasteiger partial charge in [0.25, 0.3) is 0 Å². The van der Waals surface area contributed by atoms with E-state index in [1.54, 1.807) is 20.8 Å². The normalized spacial score (nSPS) is 16.2. The Morgan fingerprint density at radius 2 is 1.52 bits per heavy atom. The Kier molecular flexibility index (Phi) is 10.4. The van der Waals surface area contributed by atoms with Crippen molar-refractivity contribution in [1.29, 1.82) is 0 Å². The summed E-state index contributed by atoms with van der Waals surface area (Å²) < 4.78 is 10.2. The highest BCUT2D eigenvalue weighted by molar-refractivity contribution is 5.60. The molecule has 0 fully saturated rings. The van der Waals surface area contributed by atoms with Gasteiger partial charge in [0.15, 0.2) is 0 Å². The maximum absolute atomic E-state index is 11.7. The summed E-state index contributed by atoms with van der Waals surface area (Å²) in [5, 5.41) is 34.0. The van der Waals surface area contributed by atoms with Gasteiger partial charge in [-0.3, -0.25) is 20.8 Å². The highest BCUT2D eigenvalue weighted by Crippen LogP contribution is 2.22. The molecule has 0 aliphatic heterocycles. The number of hydrogen-bond acceptors (Lipinski definition) is 11. The first-order valence-corrected chi connectivity index (χ1v) is 7.91. The fraction of sp³-hybridized carbons (Fsp3) is 0.929. The van der Waals surface area contributed by atoms with Crippen molar-refractivity contribution in [2.24, 2.45) is 11.8 Å². The van der Waals surface area contributed by atoms with E-state index in [-0.39, 0.29) is 18.9 Å². The van der Waals surface area contributed by atoms with Crippen LogP contribution < -0.4 is 0 Å². The van der Waals surface area contributed by atoms with Gasteiger partial charge in [-0.2, -0.15) is 0 Å². The number of carbonyl (C=O) groups is 1. The van der Waals surface area contributed by atoms with Crippen molar-refractivity contribution in [1.82, 2.24) is 10.8 Å². The smallest absolute Gasteiger partial charge is 0.434 e. The Balaban J connectivity index is 4.51. The van der Waals surface area contributed by atoms with E-state index in [4.69, 9.17) is 35.1 Å². The molecule has 11 nitrogen and oxygen atoms in total. The summed E-state index contributed by atoms with van der Waals surface area (Å²) in [4.78, 5) is 21.0. The second-order valence-electron chi connectivity index (χ2n) is 6.61. The SMILES string of the molecule is CC(CCOC(=O)OC(C)(C)C(C)C)[C@@H](ON(O)O)[C@@H](C)ON(O)O. The van der Waals surface area contributed by atoms with E-state index in [2.05, 4.69) is 4.84 Å². The van der Waals surface area contributed by atoms with Gasteiger partial charge in [-0.15, -0.1) is 0 Å². The maximum Gasteiger partial charge on any atom is 0.508 e. The van der Waals surface area contributed by atoms with E-state index in [9.17, 15) is 4.79 Å². The molecule has 0 bridgehead atoms. The predicted molar refractivity (Wildman–Crippen MR) is 81.4 cm³/mol. The van der Waals surface area contributed by atoms with Gasteiger partial charge in [0.1, 0.15) is 17.8 Å². The maximum atomic E-state index is 11.7. The molecule has 0 spiro atoms. The van der Waals surface area contributed by atoms with Crippen LogP contribution in [0.2, 0.25) is 0 Å². The summed E-state index contributed by atoms with van der Waals surface area (Å²) in [5.74, 6) is -0.308. The monoisotopic (exact) mass is 370 g/mol. The molecule has 0 saturated heterocycles. The van der Waals surface area contributed by atoms with Gasteiger partial charge in [0.05, 0.1) is 17.4 Å². The molecule has 0 saturated carbocycles. The van der Waals surface area contributed by atoms with Crippen LogP contribution in [0, 0.1) is 11.8 Å². The molecule has 0 aromatic heterocycles. The topological polar surface area (TPSA) is 141 Å². The molecule has 0 radical (unpaired) electrons. The van der Waals surface area contributed by atoms with Crippen molar-refractivity contribution in [3.05, 3.63) is 0 Å². The molecule has 150 valence electrons. The van der Waals surface area contributed by atoms with Gasteiger partial charge in [-0.05, 0) is 39.0 Å². The molecule has 0 rings (SSSR count). The first-order chi connectivity index (χ1) is 11.4. The summed E-state index contributed by atoms with van der Waals surface area (Å²) in [6.07, 6.45) is -2.49. The van der Waals surface area contributed by atoms with Gasteiger partial charge in [0.2, 0.25) is 0 Å². The molecule has 11 heteroatoms. The molecule has 25 heavy (non-hydrogen) atoms. The van der Waals surface area contributed by atoms with E-state index in [0.29, 0.717) is 0 Å². The van der Waals surface area contributed by atoms with E-state index >= 15 is 0 Å². The zero-order chi connectivity index (χ0) is 19.8. The standard InChI is InChI=1S/C14H30N2O9/c1-9(2)14(5,6)23-13(17)22-8-7-10(3)12(25-16(20)21)11(4)24-15(18)19/h9-12,18-21H,7-8H2,1-6H3/t10?,11-,12-/m1/s1. The lowest BCUT2D eigenvalue weighted by atomic mass is 9.95. The van der Waals surface area contributed by atoms with Gasteiger partial charge >= 0.3 is 6.16 Å². The molecule has 0 aliphatic carbocycles. The Morgan fingerprint density at radius 1 is 1.00 bits per heavy atom. The number of rotatable bonds is 11. The molecular weight excluding hydrogens is 340 g/mol. The van der Waals surface area contributed by atoms with E-state index in [0.717, 1.165) is 0 Å². The molecule has 0 aromatic carbocycles. The summed E-state index contributed by atoms with van der Waals surface area (Å²) in [6.45, 7) is 10.5. The van der Waals surface area contributed by atoms with Crippen molar-refractivity contribution in [3.8, 4) is 0 Å². The van der Waals surface area contributed by atoms with E-state index in [1.807, 2.05) is 13.8 Å². The Morgan fingerprint density at radius 3 is 1.96 bits per heavy atom. The quantitative estimate of drug-likeness (QED) is 0.314. The van der Waals surface area contributed by atoms with Crippen molar-refractivity contribution in [3.63, 3.8) is 0 Å². The van der Waals surface area contributed by atoms with Crippen LogP contribution in [0.25, 0.3) is 0 Å². The lowest BCUT2D eigenvalue weighted by Gasteiger charge is -2.30. The molecule has 0 aromatic rings. The van der Waals surface area contributed by atoms with Crippen LogP contribution in [0.15, 0.2) is 0 Å². The average molecular weight is 370 g/mol. The highest BCUT2D eigenvalue weighted by atomic mass is 17.1. The summed E-state index contributed by atoms with van der Waals surface area (Å²) in [6, 6.07) is 0. The van der Waals surface area contributed by atoms with Gasteiger partial charge in [-0.25, -0.2) is 14.5 Å². The molecule has 0 heterocycles.